The molecular formula is C12H9F2N3S. The van der Waals surface area contributed by atoms with Crippen molar-refractivity contribution in [2.45, 2.75) is 16.8 Å². The third-order valence-electron chi connectivity index (χ3n) is 2.38. The molecule has 0 N–H and O–H groups in total. The van der Waals surface area contributed by atoms with E-state index >= 15 is 0 Å². The summed E-state index contributed by atoms with van der Waals surface area (Å²) in [7, 11) is 1.68. The van der Waals surface area contributed by atoms with Gasteiger partial charge in [0.2, 0.25) is 0 Å². The fourth-order valence-electron chi connectivity index (χ4n) is 1.54. The molecule has 0 aliphatic carbocycles. The van der Waals surface area contributed by atoms with Crippen molar-refractivity contribution in [3.63, 3.8) is 0 Å². The smallest absolute Gasteiger partial charge is 0.140 e. The Hall–Kier alpha value is -1.87. The lowest BCUT2D eigenvalue weighted by molar-refractivity contribution is 0.565. The van der Waals surface area contributed by atoms with E-state index in [2.05, 4.69) is 5.10 Å². The Labute approximate surface area is 107 Å². The van der Waals surface area contributed by atoms with E-state index in [0.717, 1.165) is 17.8 Å². The molecule has 0 radical (unpaired) electrons. The highest BCUT2D eigenvalue weighted by molar-refractivity contribution is 7.99. The van der Waals surface area contributed by atoms with Gasteiger partial charge in [0.25, 0.3) is 0 Å². The molecule has 2 rings (SSSR count). The van der Waals surface area contributed by atoms with Crippen molar-refractivity contribution in [2.75, 3.05) is 0 Å². The maximum Gasteiger partial charge on any atom is 0.140 e. The van der Waals surface area contributed by atoms with Crippen molar-refractivity contribution in [1.29, 1.82) is 5.26 Å². The van der Waals surface area contributed by atoms with Gasteiger partial charge in [0.15, 0.2) is 0 Å². The van der Waals surface area contributed by atoms with Crippen molar-refractivity contribution in [1.82, 2.24) is 9.78 Å². The van der Waals surface area contributed by atoms with Crippen molar-refractivity contribution in [3.05, 3.63) is 41.1 Å². The van der Waals surface area contributed by atoms with Gasteiger partial charge in [0.1, 0.15) is 28.3 Å². The van der Waals surface area contributed by atoms with Crippen molar-refractivity contribution in [3.8, 4) is 6.07 Å². The number of benzene rings is 1. The second kappa shape index (κ2) is 4.78. The second-order valence-corrected chi connectivity index (χ2v) is 4.71. The normalized spacial score (nSPS) is 10.4. The van der Waals surface area contributed by atoms with Crippen molar-refractivity contribution >= 4 is 11.8 Å². The van der Waals surface area contributed by atoms with Gasteiger partial charge in [0.05, 0.1) is 5.69 Å². The van der Waals surface area contributed by atoms with Crippen LogP contribution < -0.4 is 0 Å². The van der Waals surface area contributed by atoms with Crippen LogP contribution in [-0.2, 0) is 7.05 Å². The van der Waals surface area contributed by atoms with E-state index in [9.17, 15) is 8.78 Å². The lowest BCUT2D eigenvalue weighted by Crippen LogP contribution is -1.94. The van der Waals surface area contributed by atoms with Crippen LogP contribution in [0.4, 0.5) is 8.78 Å². The number of aromatic nitrogens is 2. The molecule has 92 valence electrons. The molecule has 6 heteroatoms. The number of hydrogen-bond acceptors (Lipinski definition) is 3. The molecule has 3 nitrogen and oxygen atoms in total. The molecule has 0 unspecified atom stereocenters. The topological polar surface area (TPSA) is 41.6 Å². The molecule has 0 saturated heterocycles. The average Bonchev–Trinajstić information content (AvgIpc) is 2.57. The summed E-state index contributed by atoms with van der Waals surface area (Å²) in [4.78, 5) is 0.260. The first-order chi connectivity index (χ1) is 8.52. The van der Waals surface area contributed by atoms with Crippen LogP contribution in [0.15, 0.2) is 28.1 Å². The molecule has 0 atom stereocenters. The molecule has 0 aliphatic rings. The summed E-state index contributed by atoms with van der Waals surface area (Å²) in [5.41, 5.74) is 0.997. The van der Waals surface area contributed by atoms with Crippen LogP contribution in [0.1, 0.15) is 11.3 Å². The highest BCUT2D eigenvalue weighted by atomic mass is 32.2. The molecular weight excluding hydrogens is 256 g/mol. The summed E-state index contributed by atoms with van der Waals surface area (Å²) in [6.45, 7) is 1.71. The molecule has 0 spiro atoms. The number of hydrogen-bond donors (Lipinski definition) is 0. The maximum absolute atomic E-state index is 13.5. The zero-order valence-electron chi connectivity index (χ0n) is 9.74. The summed E-state index contributed by atoms with van der Waals surface area (Å²) in [6.07, 6.45) is 0. The number of nitrogens with zero attached hydrogens (tertiary/aromatic N) is 3. The Bertz CT molecular complexity index is 644. The molecule has 1 heterocycles. The first kappa shape index (κ1) is 12.6. The summed E-state index contributed by atoms with van der Waals surface area (Å²) < 4.78 is 27.8. The molecule has 0 fully saturated rings. The maximum atomic E-state index is 13.5. The van der Waals surface area contributed by atoms with E-state index in [1.807, 2.05) is 6.07 Å². The highest BCUT2D eigenvalue weighted by Gasteiger charge is 2.16. The van der Waals surface area contributed by atoms with Crippen LogP contribution in [0, 0.1) is 29.9 Å². The predicted molar refractivity (Wildman–Crippen MR) is 63.1 cm³/mol. The van der Waals surface area contributed by atoms with Gasteiger partial charge in [-0.05, 0) is 19.1 Å². The van der Waals surface area contributed by atoms with E-state index in [-0.39, 0.29) is 4.90 Å². The first-order valence-electron chi connectivity index (χ1n) is 5.09. The Morgan fingerprint density at radius 3 is 2.72 bits per heavy atom. The Morgan fingerprint density at radius 1 is 1.39 bits per heavy atom. The number of nitriles is 1. The Morgan fingerprint density at radius 2 is 2.11 bits per heavy atom. The number of rotatable bonds is 2. The largest absolute Gasteiger partial charge is 0.260 e. The van der Waals surface area contributed by atoms with Gasteiger partial charge in [-0.25, -0.2) is 8.78 Å². The van der Waals surface area contributed by atoms with Crippen molar-refractivity contribution in [2.24, 2.45) is 7.05 Å². The molecule has 18 heavy (non-hydrogen) atoms. The van der Waals surface area contributed by atoms with Gasteiger partial charge < -0.3 is 0 Å². The molecule has 0 saturated carbocycles. The van der Waals surface area contributed by atoms with Gasteiger partial charge in [-0.1, -0.05) is 11.8 Å². The summed E-state index contributed by atoms with van der Waals surface area (Å²) in [5, 5.41) is 13.7. The molecule has 2 aromatic rings. The average molecular weight is 265 g/mol. The Balaban J connectivity index is 2.43. The lowest BCUT2D eigenvalue weighted by atomic mass is 10.3. The minimum atomic E-state index is -0.650. The Kier molecular flexibility index (Phi) is 3.34. The van der Waals surface area contributed by atoms with Crippen LogP contribution in [0.3, 0.4) is 0 Å². The minimum absolute atomic E-state index is 0.260. The third-order valence-corrected chi connectivity index (χ3v) is 3.59. The zero-order chi connectivity index (χ0) is 13.3. The van der Waals surface area contributed by atoms with Gasteiger partial charge in [-0.2, -0.15) is 10.4 Å². The van der Waals surface area contributed by atoms with Gasteiger partial charge in [0, 0.05) is 18.0 Å². The number of halogens is 2. The highest BCUT2D eigenvalue weighted by Crippen LogP contribution is 2.33. The van der Waals surface area contributed by atoms with E-state index < -0.39 is 11.6 Å². The quantitative estimate of drug-likeness (QED) is 0.838. The second-order valence-electron chi connectivity index (χ2n) is 3.68. The van der Waals surface area contributed by atoms with Gasteiger partial charge >= 0.3 is 0 Å². The zero-order valence-corrected chi connectivity index (χ0v) is 10.6. The molecule has 0 bridgehead atoms. The summed E-state index contributed by atoms with van der Waals surface area (Å²) in [5.74, 6) is -1.28. The summed E-state index contributed by atoms with van der Waals surface area (Å²) >= 11 is 1.06. The fraction of sp³-hybridized carbons (Fsp3) is 0.167. The minimum Gasteiger partial charge on any atom is -0.260 e. The van der Waals surface area contributed by atoms with Crippen LogP contribution in [-0.4, -0.2) is 9.78 Å². The fourth-order valence-corrected chi connectivity index (χ4v) is 2.51. The predicted octanol–water partition coefficient (Wildman–Crippen LogP) is 3.03. The van der Waals surface area contributed by atoms with E-state index in [1.165, 1.54) is 16.8 Å². The van der Waals surface area contributed by atoms with Crippen molar-refractivity contribution < 1.29 is 8.78 Å². The van der Waals surface area contributed by atoms with Crippen LogP contribution in [0.2, 0.25) is 0 Å². The molecule has 0 aliphatic heterocycles. The van der Waals surface area contributed by atoms with E-state index in [1.54, 1.807) is 14.0 Å². The first-order valence-corrected chi connectivity index (χ1v) is 5.91. The molecule has 1 aromatic carbocycles. The van der Waals surface area contributed by atoms with Gasteiger partial charge in [-0.15, -0.1) is 0 Å². The van der Waals surface area contributed by atoms with E-state index in [4.69, 9.17) is 5.26 Å². The van der Waals surface area contributed by atoms with Crippen LogP contribution in [0.25, 0.3) is 0 Å². The van der Waals surface area contributed by atoms with Gasteiger partial charge in [-0.3, -0.25) is 4.68 Å². The monoisotopic (exact) mass is 265 g/mol. The standard InChI is InChI=1S/C12H9F2N3S/c1-7-9(6-15)12(17(2)16-7)18-11-4-3-8(13)5-10(11)14/h3-5H,1-2H3. The summed E-state index contributed by atoms with van der Waals surface area (Å²) in [6, 6.07) is 5.38. The van der Waals surface area contributed by atoms with E-state index in [0.29, 0.717) is 16.3 Å². The molecule has 1 aromatic heterocycles. The molecule has 0 amide bonds. The number of aryl methyl sites for hydroxylation is 2. The third kappa shape index (κ3) is 2.22. The van der Waals surface area contributed by atoms with Crippen LogP contribution >= 0.6 is 11.8 Å². The van der Waals surface area contributed by atoms with Crippen LogP contribution in [0.5, 0.6) is 0 Å². The SMILES string of the molecule is Cc1nn(C)c(Sc2ccc(F)cc2F)c1C#N. The lowest BCUT2D eigenvalue weighted by Gasteiger charge is -2.04.